The van der Waals surface area contributed by atoms with Crippen LogP contribution in [0.4, 0.5) is 0 Å². The number of benzene rings is 1. The minimum atomic E-state index is 0.563. The number of thiol groups is 1. The lowest BCUT2D eigenvalue weighted by Crippen LogP contribution is -1.94. The zero-order chi connectivity index (χ0) is 9.68. The molecule has 13 heavy (non-hydrogen) atoms. The van der Waals surface area contributed by atoms with Crippen LogP contribution in [0.25, 0.3) is 0 Å². The van der Waals surface area contributed by atoms with E-state index in [-0.39, 0.29) is 0 Å². The highest BCUT2D eigenvalue weighted by atomic mass is 32.1. The summed E-state index contributed by atoms with van der Waals surface area (Å²) in [6.45, 7) is 2.21. The van der Waals surface area contributed by atoms with E-state index in [0.717, 1.165) is 17.9 Å². The Kier molecular flexibility index (Phi) is 4.16. The summed E-state index contributed by atoms with van der Waals surface area (Å²) >= 11 is 4.23. The summed E-state index contributed by atoms with van der Waals surface area (Å²) in [5.41, 5.74) is 1.33. The summed E-state index contributed by atoms with van der Waals surface area (Å²) in [6.07, 6.45) is 1.11. The van der Waals surface area contributed by atoms with Gasteiger partial charge in [-0.1, -0.05) is 19.1 Å². The molecule has 0 heterocycles. The van der Waals surface area contributed by atoms with Gasteiger partial charge in [0, 0.05) is 0 Å². The van der Waals surface area contributed by atoms with Crippen LogP contribution in [0.2, 0.25) is 0 Å². The summed E-state index contributed by atoms with van der Waals surface area (Å²) in [7, 11) is 1.70. The first kappa shape index (κ1) is 10.5. The van der Waals surface area contributed by atoms with Crippen LogP contribution < -0.4 is 4.74 Å². The lowest BCUT2D eigenvalue weighted by molar-refractivity contribution is 0.414. The fraction of sp³-hybridized carbons (Fsp3) is 0.455. The molecule has 0 fully saturated rings. The van der Waals surface area contributed by atoms with Crippen LogP contribution in [-0.2, 0) is 0 Å². The summed E-state index contributed by atoms with van der Waals surface area (Å²) < 4.78 is 5.16. The number of methoxy groups -OCH3 is 1. The normalized spacial score (nSPS) is 12.5. The van der Waals surface area contributed by atoms with Gasteiger partial charge in [-0.15, -0.1) is 0 Å². The standard InChI is InChI=1S/C11H16OS/c1-9(6-7-13)10-4-3-5-11(8-10)12-2/h3-5,8-9,13H,6-7H2,1-2H3. The lowest BCUT2D eigenvalue weighted by Gasteiger charge is -2.11. The van der Waals surface area contributed by atoms with E-state index in [1.807, 2.05) is 12.1 Å². The molecule has 1 rings (SSSR count). The summed E-state index contributed by atoms with van der Waals surface area (Å²) in [4.78, 5) is 0. The van der Waals surface area contributed by atoms with Crippen molar-refractivity contribution in [2.45, 2.75) is 19.3 Å². The van der Waals surface area contributed by atoms with Gasteiger partial charge in [0.05, 0.1) is 7.11 Å². The molecule has 0 amide bonds. The molecular formula is C11H16OS. The smallest absolute Gasteiger partial charge is 0.119 e. The molecule has 0 saturated carbocycles. The molecule has 0 radical (unpaired) electrons. The second-order valence-corrected chi connectivity index (χ2v) is 3.64. The SMILES string of the molecule is COc1cccc(C(C)CCS)c1. The molecule has 0 N–H and O–H groups in total. The molecule has 1 atom stereocenters. The van der Waals surface area contributed by atoms with E-state index in [4.69, 9.17) is 4.74 Å². The van der Waals surface area contributed by atoms with Crippen molar-refractivity contribution in [1.82, 2.24) is 0 Å². The third kappa shape index (κ3) is 2.96. The third-order valence-electron chi connectivity index (χ3n) is 2.22. The minimum absolute atomic E-state index is 0.563. The van der Waals surface area contributed by atoms with E-state index in [9.17, 15) is 0 Å². The van der Waals surface area contributed by atoms with Crippen molar-refractivity contribution in [2.24, 2.45) is 0 Å². The van der Waals surface area contributed by atoms with E-state index in [1.165, 1.54) is 5.56 Å². The van der Waals surface area contributed by atoms with Gasteiger partial charge < -0.3 is 4.74 Å². The fourth-order valence-corrected chi connectivity index (χ4v) is 1.70. The van der Waals surface area contributed by atoms with Crippen molar-refractivity contribution >= 4 is 12.6 Å². The quantitative estimate of drug-likeness (QED) is 0.728. The van der Waals surface area contributed by atoms with Gasteiger partial charge in [-0.2, -0.15) is 12.6 Å². The molecule has 1 aromatic rings. The Morgan fingerprint density at radius 3 is 2.85 bits per heavy atom. The summed E-state index contributed by atoms with van der Waals surface area (Å²) in [5.74, 6) is 2.43. The van der Waals surface area contributed by atoms with Crippen molar-refractivity contribution in [1.29, 1.82) is 0 Å². The summed E-state index contributed by atoms with van der Waals surface area (Å²) in [6, 6.07) is 8.23. The van der Waals surface area contributed by atoms with Crippen LogP contribution >= 0.6 is 12.6 Å². The van der Waals surface area contributed by atoms with Crippen LogP contribution in [0.5, 0.6) is 5.75 Å². The highest BCUT2D eigenvalue weighted by molar-refractivity contribution is 7.80. The molecule has 0 aliphatic heterocycles. The van der Waals surface area contributed by atoms with Crippen LogP contribution in [0.15, 0.2) is 24.3 Å². The highest BCUT2D eigenvalue weighted by Crippen LogP contribution is 2.23. The molecule has 1 unspecified atom stereocenters. The molecule has 1 nitrogen and oxygen atoms in total. The molecule has 0 saturated heterocycles. The van der Waals surface area contributed by atoms with E-state index in [1.54, 1.807) is 7.11 Å². The Balaban J connectivity index is 2.75. The predicted octanol–water partition coefficient (Wildman–Crippen LogP) is 3.12. The van der Waals surface area contributed by atoms with Crippen molar-refractivity contribution in [3.63, 3.8) is 0 Å². The van der Waals surface area contributed by atoms with Crippen LogP contribution in [0.3, 0.4) is 0 Å². The Morgan fingerprint density at radius 2 is 2.23 bits per heavy atom. The topological polar surface area (TPSA) is 9.23 Å². The molecule has 0 aromatic heterocycles. The first-order valence-corrected chi connectivity index (χ1v) is 5.16. The van der Waals surface area contributed by atoms with Gasteiger partial charge in [-0.3, -0.25) is 0 Å². The molecular weight excluding hydrogens is 180 g/mol. The van der Waals surface area contributed by atoms with E-state index in [2.05, 4.69) is 31.7 Å². The molecule has 0 bridgehead atoms. The molecule has 0 aliphatic carbocycles. The second-order valence-electron chi connectivity index (χ2n) is 3.19. The van der Waals surface area contributed by atoms with Gasteiger partial charge >= 0.3 is 0 Å². The number of rotatable bonds is 4. The van der Waals surface area contributed by atoms with Crippen molar-refractivity contribution in [3.05, 3.63) is 29.8 Å². The van der Waals surface area contributed by atoms with Crippen molar-refractivity contribution in [3.8, 4) is 5.75 Å². The van der Waals surface area contributed by atoms with Gasteiger partial charge in [0.2, 0.25) is 0 Å². The van der Waals surface area contributed by atoms with Crippen molar-refractivity contribution in [2.75, 3.05) is 12.9 Å². The number of hydrogen-bond acceptors (Lipinski definition) is 2. The van der Waals surface area contributed by atoms with Gasteiger partial charge in [-0.05, 0) is 35.8 Å². The Labute approximate surface area is 85.5 Å². The molecule has 2 heteroatoms. The maximum Gasteiger partial charge on any atom is 0.119 e. The average Bonchev–Trinajstić information content (AvgIpc) is 2.18. The van der Waals surface area contributed by atoms with Crippen LogP contribution in [-0.4, -0.2) is 12.9 Å². The number of ether oxygens (including phenoxy) is 1. The largest absolute Gasteiger partial charge is 0.497 e. The van der Waals surface area contributed by atoms with E-state index in [0.29, 0.717) is 5.92 Å². The molecule has 1 aromatic carbocycles. The van der Waals surface area contributed by atoms with Crippen molar-refractivity contribution < 1.29 is 4.74 Å². The Bertz CT molecular complexity index is 260. The number of hydrogen-bond donors (Lipinski definition) is 1. The Hall–Kier alpha value is -0.630. The predicted molar refractivity (Wildman–Crippen MR) is 59.9 cm³/mol. The molecule has 0 spiro atoms. The van der Waals surface area contributed by atoms with Gasteiger partial charge in [0.15, 0.2) is 0 Å². The highest BCUT2D eigenvalue weighted by Gasteiger charge is 2.04. The Morgan fingerprint density at radius 1 is 1.46 bits per heavy atom. The van der Waals surface area contributed by atoms with E-state index >= 15 is 0 Å². The fourth-order valence-electron chi connectivity index (χ4n) is 1.31. The zero-order valence-electron chi connectivity index (χ0n) is 8.16. The first-order valence-electron chi connectivity index (χ1n) is 4.52. The van der Waals surface area contributed by atoms with Crippen LogP contribution in [0, 0.1) is 0 Å². The third-order valence-corrected chi connectivity index (χ3v) is 2.48. The first-order chi connectivity index (χ1) is 6.27. The maximum absolute atomic E-state index is 5.16. The van der Waals surface area contributed by atoms with Gasteiger partial charge in [0.25, 0.3) is 0 Å². The lowest BCUT2D eigenvalue weighted by atomic mass is 9.99. The van der Waals surface area contributed by atoms with Crippen LogP contribution in [0.1, 0.15) is 24.8 Å². The van der Waals surface area contributed by atoms with E-state index < -0.39 is 0 Å². The maximum atomic E-state index is 5.16. The average molecular weight is 196 g/mol. The molecule has 72 valence electrons. The molecule has 0 aliphatic rings. The second kappa shape index (κ2) is 5.18. The minimum Gasteiger partial charge on any atom is -0.497 e. The monoisotopic (exact) mass is 196 g/mol. The summed E-state index contributed by atoms with van der Waals surface area (Å²) in [5, 5.41) is 0. The zero-order valence-corrected chi connectivity index (χ0v) is 9.05. The van der Waals surface area contributed by atoms with Gasteiger partial charge in [-0.25, -0.2) is 0 Å². The van der Waals surface area contributed by atoms with Gasteiger partial charge in [0.1, 0.15) is 5.75 Å².